The molecule has 1 aliphatic rings. The Morgan fingerprint density at radius 3 is 2.83 bits per heavy atom. The van der Waals surface area contributed by atoms with Gasteiger partial charge in [-0.15, -0.1) is 0 Å². The average Bonchev–Trinajstić information content (AvgIpc) is 2.90. The number of hydrogen-bond acceptors (Lipinski definition) is 4. The summed E-state index contributed by atoms with van der Waals surface area (Å²) in [4.78, 5) is 0. The third kappa shape index (κ3) is 4.12. The lowest BCUT2D eigenvalue weighted by Gasteiger charge is -2.26. The number of furan rings is 1. The molecule has 1 aromatic heterocycles. The minimum absolute atomic E-state index is 0.271. The van der Waals surface area contributed by atoms with E-state index in [0.717, 1.165) is 5.76 Å². The van der Waals surface area contributed by atoms with Gasteiger partial charge in [0.1, 0.15) is 5.76 Å². The van der Waals surface area contributed by atoms with Gasteiger partial charge in [0, 0.05) is 25.0 Å². The van der Waals surface area contributed by atoms with Gasteiger partial charge in [-0.3, -0.25) is 0 Å². The highest BCUT2D eigenvalue weighted by atomic mass is 16.3. The first-order valence-electron chi connectivity index (χ1n) is 6.95. The Bertz CT molecular complexity index is 321. The van der Waals surface area contributed by atoms with Crippen LogP contribution in [0, 0.1) is 0 Å². The predicted octanol–water partition coefficient (Wildman–Crippen LogP) is 1.43. The molecule has 1 aromatic rings. The Hall–Kier alpha value is -0.840. The maximum Gasteiger partial charge on any atom is 0.105 e. The second kappa shape index (κ2) is 6.92. The molecule has 102 valence electrons. The quantitative estimate of drug-likeness (QED) is 0.716. The number of aliphatic hydroxyl groups excluding tert-OH is 1. The first-order chi connectivity index (χ1) is 8.75. The molecule has 2 rings (SSSR count). The van der Waals surface area contributed by atoms with Crippen molar-refractivity contribution in [3.63, 3.8) is 0 Å². The van der Waals surface area contributed by atoms with E-state index in [2.05, 4.69) is 5.32 Å². The van der Waals surface area contributed by atoms with Crippen molar-refractivity contribution < 1.29 is 9.52 Å². The molecule has 1 saturated carbocycles. The van der Waals surface area contributed by atoms with Crippen LogP contribution in [0.1, 0.15) is 37.9 Å². The van der Waals surface area contributed by atoms with Crippen molar-refractivity contribution >= 4 is 0 Å². The van der Waals surface area contributed by atoms with Crippen LogP contribution in [-0.2, 0) is 6.42 Å². The summed E-state index contributed by atoms with van der Waals surface area (Å²) in [5, 5.41) is 13.4. The number of aliphatic hydroxyl groups is 1. The summed E-state index contributed by atoms with van der Waals surface area (Å²) < 4.78 is 5.24. The molecular weight excluding hydrogens is 228 g/mol. The van der Waals surface area contributed by atoms with Crippen molar-refractivity contribution in [2.24, 2.45) is 5.73 Å². The third-order valence-electron chi connectivity index (χ3n) is 3.73. The van der Waals surface area contributed by atoms with E-state index in [0.29, 0.717) is 19.0 Å². The van der Waals surface area contributed by atoms with E-state index in [1.165, 1.54) is 32.1 Å². The summed E-state index contributed by atoms with van der Waals surface area (Å²) in [6.07, 6.45) is 8.09. The number of nitrogens with one attached hydrogen (secondary N) is 1. The molecule has 0 unspecified atom stereocenters. The van der Waals surface area contributed by atoms with E-state index in [-0.39, 0.29) is 6.04 Å². The van der Waals surface area contributed by atoms with Crippen molar-refractivity contribution in [2.45, 2.75) is 56.7 Å². The van der Waals surface area contributed by atoms with Crippen LogP contribution in [0.4, 0.5) is 0 Å². The predicted molar refractivity (Wildman–Crippen MR) is 71.3 cm³/mol. The van der Waals surface area contributed by atoms with Crippen LogP contribution in [0.25, 0.3) is 0 Å². The Morgan fingerprint density at radius 2 is 2.17 bits per heavy atom. The molecule has 0 amide bonds. The third-order valence-corrected chi connectivity index (χ3v) is 3.73. The second-order valence-electron chi connectivity index (χ2n) is 5.26. The fourth-order valence-corrected chi connectivity index (χ4v) is 2.54. The van der Waals surface area contributed by atoms with E-state index in [9.17, 15) is 5.11 Å². The molecule has 0 bridgehead atoms. The summed E-state index contributed by atoms with van der Waals surface area (Å²) in [6.45, 7) is 0.576. The fourth-order valence-electron chi connectivity index (χ4n) is 2.54. The maximum atomic E-state index is 10.0. The lowest BCUT2D eigenvalue weighted by molar-refractivity contribution is 0.132. The van der Waals surface area contributed by atoms with Crippen LogP contribution in [0.2, 0.25) is 0 Å². The van der Waals surface area contributed by atoms with E-state index >= 15 is 0 Å². The molecule has 0 aromatic carbocycles. The van der Waals surface area contributed by atoms with Gasteiger partial charge in [0.05, 0.1) is 12.4 Å². The molecule has 4 nitrogen and oxygen atoms in total. The molecule has 0 radical (unpaired) electrons. The molecule has 0 spiro atoms. The zero-order valence-electron chi connectivity index (χ0n) is 10.8. The first kappa shape index (κ1) is 13.6. The second-order valence-corrected chi connectivity index (χ2v) is 5.26. The van der Waals surface area contributed by atoms with Gasteiger partial charge in [0.15, 0.2) is 0 Å². The van der Waals surface area contributed by atoms with Crippen molar-refractivity contribution in [1.82, 2.24) is 5.32 Å². The maximum absolute atomic E-state index is 10.0. The van der Waals surface area contributed by atoms with Gasteiger partial charge in [0.25, 0.3) is 0 Å². The van der Waals surface area contributed by atoms with Gasteiger partial charge >= 0.3 is 0 Å². The lowest BCUT2D eigenvalue weighted by Crippen LogP contribution is -2.46. The summed E-state index contributed by atoms with van der Waals surface area (Å²) in [7, 11) is 0. The standard InChI is InChI=1S/C14H24N2O2/c15-13(9-12-7-4-8-18-12)14(17)10-16-11-5-2-1-3-6-11/h4,7-8,11,13-14,16-17H,1-3,5-6,9-10,15H2/t13-,14+/m0/s1. The Balaban J connectivity index is 1.68. The van der Waals surface area contributed by atoms with Crippen LogP contribution in [-0.4, -0.2) is 29.8 Å². The van der Waals surface area contributed by atoms with Crippen molar-refractivity contribution in [2.75, 3.05) is 6.54 Å². The van der Waals surface area contributed by atoms with Crippen LogP contribution >= 0.6 is 0 Å². The molecule has 0 aliphatic heterocycles. The molecule has 2 atom stereocenters. The van der Waals surface area contributed by atoms with E-state index in [4.69, 9.17) is 10.2 Å². The molecule has 4 heteroatoms. The SMILES string of the molecule is N[C@@H](Cc1ccco1)[C@H](O)CNC1CCCCC1. The van der Waals surface area contributed by atoms with E-state index in [1.54, 1.807) is 6.26 Å². The van der Waals surface area contributed by atoms with Crippen LogP contribution in [0.3, 0.4) is 0 Å². The molecule has 1 fully saturated rings. The van der Waals surface area contributed by atoms with Gasteiger partial charge in [0.2, 0.25) is 0 Å². The Kier molecular flexibility index (Phi) is 5.23. The highest BCUT2D eigenvalue weighted by Gasteiger charge is 2.19. The lowest BCUT2D eigenvalue weighted by atomic mass is 9.95. The zero-order valence-corrected chi connectivity index (χ0v) is 10.8. The largest absolute Gasteiger partial charge is 0.469 e. The molecular formula is C14H24N2O2. The molecule has 4 N–H and O–H groups in total. The smallest absolute Gasteiger partial charge is 0.105 e. The summed E-state index contributed by atoms with van der Waals surface area (Å²) >= 11 is 0. The normalized spacial score (nSPS) is 20.8. The topological polar surface area (TPSA) is 71.4 Å². The van der Waals surface area contributed by atoms with Gasteiger partial charge in [-0.2, -0.15) is 0 Å². The Labute approximate surface area is 109 Å². The summed E-state index contributed by atoms with van der Waals surface area (Å²) in [6, 6.07) is 4.02. The molecule has 18 heavy (non-hydrogen) atoms. The van der Waals surface area contributed by atoms with Gasteiger partial charge in [-0.25, -0.2) is 0 Å². The van der Waals surface area contributed by atoms with Gasteiger partial charge in [-0.05, 0) is 25.0 Å². The van der Waals surface area contributed by atoms with Crippen molar-refractivity contribution in [3.8, 4) is 0 Å². The summed E-state index contributed by atoms with van der Waals surface area (Å²) in [5.41, 5.74) is 5.97. The minimum Gasteiger partial charge on any atom is -0.469 e. The molecule has 0 saturated heterocycles. The van der Waals surface area contributed by atoms with Crippen molar-refractivity contribution in [3.05, 3.63) is 24.2 Å². The van der Waals surface area contributed by atoms with Crippen LogP contribution in [0.15, 0.2) is 22.8 Å². The average molecular weight is 252 g/mol. The number of rotatable bonds is 6. The van der Waals surface area contributed by atoms with Gasteiger partial charge < -0.3 is 20.6 Å². The van der Waals surface area contributed by atoms with Crippen LogP contribution < -0.4 is 11.1 Å². The highest BCUT2D eigenvalue weighted by Crippen LogP contribution is 2.17. The number of hydrogen-bond donors (Lipinski definition) is 3. The minimum atomic E-state index is -0.517. The van der Waals surface area contributed by atoms with Crippen LogP contribution in [0.5, 0.6) is 0 Å². The zero-order chi connectivity index (χ0) is 12.8. The highest BCUT2D eigenvalue weighted by molar-refractivity contribution is 5.01. The number of nitrogens with two attached hydrogens (primary N) is 1. The first-order valence-corrected chi connectivity index (χ1v) is 6.95. The van der Waals surface area contributed by atoms with E-state index < -0.39 is 6.10 Å². The van der Waals surface area contributed by atoms with E-state index in [1.807, 2.05) is 12.1 Å². The molecule has 1 aliphatic carbocycles. The van der Waals surface area contributed by atoms with Gasteiger partial charge in [-0.1, -0.05) is 19.3 Å². The van der Waals surface area contributed by atoms with Crippen molar-refractivity contribution in [1.29, 1.82) is 0 Å². The fraction of sp³-hybridized carbons (Fsp3) is 0.714. The monoisotopic (exact) mass is 252 g/mol. The summed E-state index contributed by atoms with van der Waals surface area (Å²) in [5.74, 6) is 0.833. The molecule has 1 heterocycles. The Morgan fingerprint density at radius 1 is 1.39 bits per heavy atom.